The van der Waals surface area contributed by atoms with Gasteiger partial charge in [-0.05, 0) is 12.1 Å². The number of hydrogen-bond acceptors (Lipinski definition) is 6. The van der Waals surface area contributed by atoms with Gasteiger partial charge >= 0.3 is 0 Å². The second-order valence-corrected chi connectivity index (χ2v) is 7.38. The Hall–Kier alpha value is -3.16. The topological polar surface area (TPSA) is 72.9 Å². The predicted molar refractivity (Wildman–Crippen MR) is 111 cm³/mol. The van der Waals surface area contributed by atoms with E-state index >= 15 is 0 Å². The van der Waals surface area contributed by atoms with Crippen LogP contribution >= 0.6 is 0 Å². The van der Waals surface area contributed by atoms with Gasteiger partial charge in [0.25, 0.3) is 5.91 Å². The van der Waals surface area contributed by atoms with Gasteiger partial charge in [-0.15, -0.1) is 0 Å². The summed E-state index contributed by atoms with van der Waals surface area (Å²) in [6.45, 7) is 7.33. The highest BCUT2D eigenvalue weighted by atomic mass is 16.2. The minimum Gasteiger partial charge on any atom is -0.368 e. The first-order valence-corrected chi connectivity index (χ1v) is 10.0. The second kappa shape index (κ2) is 8.46. The lowest BCUT2D eigenvalue weighted by Gasteiger charge is -2.36. The van der Waals surface area contributed by atoms with Gasteiger partial charge in [0.15, 0.2) is 0 Å². The third kappa shape index (κ3) is 4.31. The van der Waals surface area contributed by atoms with Crippen molar-refractivity contribution in [2.24, 2.45) is 0 Å². The highest BCUT2D eigenvalue weighted by Gasteiger charge is 2.24. The van der Waals surface area contributed by atoms with Crippen LogP contribution in [0, 0.1) is 0 Å². The molecule has 2 aromatic rings. The maximum Gasteiger partial charge on any atom is 0.257 e. The Morgan fingerprint density at radius 1 is 0.759 bits per heavy atom. The summed E-state index contributed by atoms with van der Waals surface area (Å²) in [5, 5.41) is 0. The molecule has 1 aromatic carbocycles. The summed E-state index contributed by atoms with van der Waals surface area (Å²) in [7, 11) is 0. The van der Waals surface area contributed by atoms with E-state index in [0.29, 0.717) is 50.8 Å². The van der Waals surface area contributed by atoms with Crippen molar-refractivity contribution < 1.29 is 9.59 Å². The molecule has 2 saturated heterocycles. The Morgan fingerprint density at radius 2 is 1.31 bits per heavy atom. The lowest BCUT2D eigenvalue weighted by molar-refractivity contribution is -0.129. The summed E-state index contributed by atoms with van der Waals surface area (Å²) < 4.78 is 0. The van der Waals surface area contributed by atoms with Crippen molar-refractivity contribution in [3.8, 4) is 0 Å². The SMILES string of the molecule is CC(=O)N1CCN(c2ncc(C(=O)N3CCN(c4ccccc4)CC3)cn2)CC1. The summed E-state index contributed by atoms with van der Waals surface area (Å²) in [5.41, 5.74) is 1.71. The largest absolute Gasteiger partial charge is 0.368 e. The number of rotatable bonds is 3. The summed E-state index contributed by atoms with van der Waals surface area (Å²) in [6, 6.07) is 10.3. The number of carbonyl (C=O) groups is 2. The minimum atomic E-state index is -0.0225. The first-order chi connectivity index (χ1) is 14.1. The van der Waals surface area contributed by atoms with Crippen LogP contribution in [-0.2, 0) is 4.79 Å². The average molecular weight is 394 g/mol. The van der Waals surface area contributed by atoms with Gasteiger partial charge in [-0.1, -0.05) is 18.2 Å². The Kier molecular flexibility index (Phi) is 5.59. The van der Waals surface area contributed by atoms with Crippen LogP contribution in [0.25, 0.3) is 0 Å². The van der Waals surface area contributed by atoms with Crippen LogP contribution in [0.1, 0.15) is 17.3 Å². The first-order valence-electron chi connectivity index (χ1n) is 10.0. The molecule has 0 N–H and O–H groups in total. The van der Waals surface area contributed by atoms with Crippen LogP contribution in [0.4, 0.5) is 11.6 Å². The van der Waals surface area contributed by atoms with E-state index in [1.165, 1.54) is 5.69 Å². The Balaban J connectivity index is 1.32. The van der Waals surface area contributed by atoms with Crippen LogP contribution < -0.4 is 9.80 Å². The molecule has 0 radical (unpaired) electrons. The van der Waals surface area contributed by atoms with Crippen LogP contribution in [0.15, 0.2) is 42.7 Å². The second-order valence-electron chi connectivity index (χ2n) is 7.38. The number of nitrogens with zero attached hydrogens (tertiary/aromatic N) is 6. The first kappa shape index (κ1) is 19.2. The molecule has 2 fully saturated rings. The quantitative estimate of drug-likeness (QED) is 0.777. The number of aromatic nitrogens is 2. The zero-order chi connectivity index (χ0) is 20.2. The molecule has 29 heavy (non-hydrogen) atoms. The predicted octanol–water partition coefficient (Wildman–Crippen LogP) is 1.11. The monoisotopic (exact) mass is 394 g/mol. The Labute approximate surface area is 170 Å². The Bertz CT molecular complexity index is 841. The maximum atomic E-state index is 12.8. The molecule has 0 spiro atoms. The summed E-state index contributed by atoms with van der Waals surface area (Å²) in [4.78, 5) is 41.1. The molecular formula is C21H26N6O2. The molecule has 0 saturated carbocycles. The normalized spacial score (nSPS) is 17.4. The molecule has 2 aliphatic rings. The Morgan fingerprint density at radius 3 is 1.90 bits per heavy atom. The van der Waals surface area contributed by atoms with Crippen molar-refractivity contribution in [2.45, 2.75) is 6.92 Å². The number of para-hydroxylation sites is 1. The fraction of sp³-hybridized carbons (Fsp3) is 0.429. The van der Waals surface area contributed by atoms with Gasteiger partial charge in [-0.3, -0.25) is 9.59 Å². The number of anilines is 2. The molecule has 2 amide bonds. The van der Waals surface area contributed by atoms with Crippen LogP contribution in [0.3, 0.4) is 0 Å². The minimum absolute atomic E-state index is 0.0225. The number of carbonyl (C=O) groups excluding carboxylic acids is 2. The van der Waals surface area contributed by atoms with Crippen molar-refractivity contribution in [2.75, 3.05) is 62.2 Å². The van der Waals surface area contributed by atoms with Gasteiger partial charge in [0.2, 0.25) is 11.9 Å². The van der Waals surface area contributed by atoms with E-state index in [1.54, 1.807) is 19.3 Å². The lowest BCUT2D eigenvalue weighted by atomic mass is 10.2. The molecule has 0 atom stereocenters. The summed E-state index contributed by atoms with van der Waals surface area (Å²) in [5.74, 6) is 0.684. The number of piperazine rings is 2. The standard InChI is InChI=1S/C21H26N6O2/c1-17(28)24-7-13-27(14-8-24)21-22-15-18(16-23-21)20(29)26-11-9-25(10-12-26)19-5-3-2-4-6-19/h2-6,15-16H,7-14H2,1H3. The van der Waals surface area contributed by atoms with Gasteiger partial charge in [0, 0.05) is 77.4 Å². The van der Waals surface area contributed by atoms with Gasteiger partial charge < -0.3 is 19.6 Å². The zero-order valence-corrected chi connectivity index (χ0v) is 16.7. The van der Waals surface area contributed by atoms with E-state index in [2.05, 4.69) is 27.0 Å². The van der Waals surface area contributed by atoms with E-state index in [-0.39, 0.29) is 11.8 Å². The highest BCUT2D eigenvalue weighted by Crippen LogP contribution is 2.17. The molecule has 1 aromatic heterocycles. The number of amides is 2. The van der Waals surface area contributed by atoms with Crippen LogP contribution in [0.5, 0.6) is 0 Å². The molecule has 0 unspecified atom stereocenters. The van der Waals surface area contributed by atoms with Crippen molar-refractivity contribution in [1.29, 1.82) is 0 Å². The summed E-state index contributed by atoms with van der Waals surface area (Å²) in [6.07, 6.45) is 3.23. The molecule has 152 valence electrons. The average Bonchev–Trinajstić information content (AvgIpc) is 2.79. The van der Waals surface area contributed by atoms with Gasteiger partial charge in [0.05, 0.1) is 5.56 Å². The van der Waals surface area contributed by atoms with Gasteiger partial charge in [-0.2, -0.15) is 0 Å². The highest BCUT2D eigenvalue weighted by molar-refractivity contribution is 5.93. The van der Waals surface area contributed by atoms with E-state index in [4.69, 9.17) is 0 Å². The molecule has 0 aliphatic carbocycles. The molecule has 4 rings (SSSR count). The van der Waals surface area contributed by atoms with Gasteiger partial charge in [0.1, 0.15) is 0 Å². The van der Waals surface area contributed by atoms with Gasteiger partial charge in [-0.25, -0.2) is 9.97 Å². The third-order valence-electron chi connectivity index (χ3n) is 5.58. The van der Waals surface area contributed by atoms with Crippen LogP contribution in [0.2, 0.25) is 0 Å². The molecule has 8 nitrogen and oxygen atoms in total. The van der Waals surface area contributed by atoms with Crippen molar-refractivity contribution in [3.05, 3.63) is 48.3 Å². The molecule has 0 bridgehead atoms. The summed E-state index contributed by atoms with van der Waals surface area (Å²) >= 11 is 0. The van der Waals surface area contributed by atoms with Crippen molar-refractivity contribution in [3.63, 3.8) is 0 Å². The maximum absolute atomic E-state index is 12.8. The van der Waals surface area contributed by atoms with Crippen LogP contribution in [-0.4, -0.2) is 83.9 Å². The van der Waals surface area contributed by atoms with E-state index in [0.717, 1.165) is 13.1 Å². The lowest BCUT2D eigenvalue weighted by Crippen LogP contribution is -2.49. The molecule has 2 aliphatic heterocycles. The fourth-order valence-electron chi connectivity index (χ4n) is 3.81. The number of hydrogen-bond donors (Lipinski definition) is 0. The number of benzene rings is 1. The van der Waals surface area contributed by atoms with Crippen molar-refractivity contribution in [1.82, 2.24) is 19.8 Å². The fourth-order valence-corrected chi connectivity index (χ4v) is 3.81. The third-order valence-corrected chi connectivity index (χ3v) is 5.58. The molecule has 3 heterocycles. The zero-order valence-electron chi connectivity index (χ0n) is 16.7. The smallest absolute Gasteiger partial charge is 0.257 e. The molecule has 8 heteroatoms. The van der Waals surface area contributed by atoms with Crippen molar-refractivity contribution >= 4 is 23.5 Å². The van der Waals surface area contributed by atoms with E-state index in [9.17, 15) is 9.59 Å². The van der Waals surface area contributed by atoms with E-state index in [1.807, 2.05) is 32.9 Å². The van der Waals surface area contributed by atoms with E-state index < -0.39 is 0 Å². The molecular weight excluding hydrogens is 368 g/mol.